The molecule has 1 aliphatic heterocycles. The van der Waals surface area contributed by atoms with Gasteiger partial charge in [-0.05, 0) is 18.8 Å². The molecule has 0 fully saturated rings. The maximum absolute atomic E-state index is 10.7. The fourth-order valence-electron chi connectivity index (χ4n) is 1.29. The van der Waals surface area contributed by atoms with Gasteiger partial charge in [-0.3, -0.25) is 4.79 Å². The molecule has 0 aromatic rings. The highest BCUT2D eigenvalue weighted by atomic mass is 16.1. The minimum absolute atomic E-state index is 0.150. The molecule has 1 N–H and O–H groups in total. The summed E-state index contributed by atoms with van der Waals surface area (Å²) < 4.78 is 0. The summed E-state index contributed by atoms with van der Waals surface area (Å²) in [5.41, 5.74) is 1.37. The summed E-state index contributed by atoms with van der Waals surface area (Å²) in [6.45, 7) is 4.38. The molecule has 0 radical (unpaired) electrons. The lowest BCUT2D eigenvalue weighted by Gasteiger charge is -2.14. The Hall–Kier alpha value is -0.790. The summed E-state index contributed by atoms with van der Waals surface area (Å²) in [5, 5.41) is 2.74. The van der Waals surface area contributed by atoms with Crippen molar-refractivity contribution in [1.29, 1.82) is 0 Å². The van der Waals surface area contributed by atoms with Crippen molar-refractivity contribution in [1.82, 2.24) is 5.32 Å². The second kappa shape index (κ2) is 3.56. The first-order chi connectivity index (χ1) is 5.18. The molecule has 0 aromatic heterocycles. The van der Waals surface area contributed by atoms with Crippen molar-refractivity contribution in [2.45, 2.75) is 33.1 Å². The summed E-state index contributed by atoms with van der Waals surface area (Å²) in [6.07, 6.45) is 4.59. The number of hydrogen-bond donors (Lipinski definition) is 1. The van der Waals surface area contributed by atoms with Crippen LogP contribution < -0.4 is 5.32 Å². The monoisotopic (exact) mass is 153 g/mol. The minimum atomic E-state index is 0.150. The quantitative estimate of drug-likeness (QED) is 0.644. The smallest absolute Gasteiger partial charge is 0.224 e. The molecule has 2 heteroatoms. The van der Waals surface area contributed by atoms with Crippen molar-refractivity contribution in [2.75, 3.05) is 0 Å². The van der Waals surface area contributed by atoms with E-state index in [1.807, 2.05) is 6.20 Å². The Morgan fingerprint density at radius 3 is 2.73 bits per heavy atom. The highest BCUT2D eigenvalue weighted by Crippen LogP contribution is 2.17. The van der Waals surface area contributed by atoms with E-state index in [-0.39, 0.29) is 5.91 Å². The van der Waals surface area contributed by atoms with Gasteiger partial charge in [0.1, 0.15) is 0 Å². The molecule has 2 nitrogen and oxygen atoms in total. The lowest BCUT2D eigenvalue weighted by atomic mass is 9.98. The van der Waals surface area contributed by atoms with Crippen LogP contribution >= 0.6 is 0 Å². The van der Waals surface area contributed by atoms with Crippen molar-refractivity contribution in [3.8, 4) is 0 Å². The van der Waals surface area contributed by atoms with Crippen LogP contribution in [0.5, 0.6) is 0 Å². The maximum atomic E-state index is 10.7. The minimum Gasteiger partial charge on any atom is -0.333 e. The van der Waals surface area contributed by atoms with Gasteiger partial charge in [-0.25, -0.2) is 0 Å². The van der Waals surface area contributed by atoms with Crippen LogP contribution in [0.4, 0.5) is 0 Å². The van der Waals surface area contributed by atoms with Gasteiger partial charge in [-0.15, -0.1) is 0 Å². The summed E-state index contributed by atoms with van der Waals surface area (Å²) in [5.74, 6) is 0.841. The van der Waals surface area contributed by atoms with Crippen LogP contribution in [0.15, 0.2) is 11.8 Å². The van der Waals surface area contributed by atoms with E-state index in [9.17, 15) is 4.79 Å². The van der Waals surface area contributed by atoms with E-state index in [0.29, 0.717) is 12.3 Å². The van der Waals surface area contributed by atoms with Gasteiger partial charge in [0.05, 0.1) is 0 Å². The number of allylic oxidation sites excluding steroid dienone is 1. The molecule has 1 aliphatic rings. The number of carbonyl (C=O) groups is 1. The van der Waals surface area contributed by atoms with Gasteiger partial charge in [0, 0.05) is 12.6 Å². The summed E-state index contributed by atoms with van der Waals surface area (Å²) in [4.78, 5) is 10.7. The highest BCUT2D eigenvalue weighted by Gasteiger charge is 2.09. The highest BCUT2D eigenvalue weighted by molar-refractivity contribution is 5.78. The zero-order valence-electron chi connectivity index (χ0n) is 7.18. The van der Waals surface area contributed by atoms with E-state index in [4.69, 9.17) is 0 Å². The number of hydrogen-bond acceptors (Lipinski definition) is 1. The molecule has 0 aliphatic carbocycles. The molecular weight excluding hydrogens is 138 g/mol. The number of carbonyl (C=O) groups excluding carboxylic acids is 1. The fraction of sp³-hybridized carbons (Fsp3) is 0.667. The molecule has 1 amide bonds. The van der Waals surface area contributed by atoms with E-state index >= 15 is 0 Å². The van der Waals surface area contributed by atoms with Gasteiger partial charge in [0.2, 0.25) is 5.91 Å². The lowest BCUT2D eigenvalue weighted by molar-refractivity contribution is -0.120. The van der Waals surface area contributed by atoms with E-state index in [2.05, 4.69) is 19.2 Å². The largest absolute Gasteiger partial charge is 0.333 e. The Balaban J connectivity index is 2.41. The van der Waals surface area contributed by atoms with E-state index < -0.39 is 0 Å². The zero-order valence-corrected chi connectivity index (χ0v) is 7.18. The Kier molecular flexibility index (Phi) is 2.69. The molecule has 1 rings (SSSR count). The lowest BCUT2D eigenvalue weighted by Crippen LogP contribution is -2.21. The maximum Gasteiger partial charge on any atom is 0.224 e. The first kappa shape index (κ1) is 8.31. The molecule has 62 valence electrons. The van der Waals surface area contributed by atoms with Gasteiger partial charge in [-0.1, -0.05) is 19.4 Å². The standard InChI is InChI=1S/C9H15NO/c1-7(2)5-8-3-4-9(11)10-6-8/h6-7H,3-5H2,1-2H3,(H,10,11). The average Bonchev–Trinajstić information content (AvgIpc) is 1.93. The van der Waals surface area contributed by atoms with E-state index in [1.165, 1.54) is 5.57 Å². The molecule has 0 unspecified atom stereocenters. The average molecular weight is 153 g/mol. The Morgan fingerprint density at radius 2 is 2.27 bits per heavy atom. The third-order valence-corrected chi connectivity index (χ3v) is 1.78. The van der Waals surface area contributed by atoms with E-state index in [0.717, 1.165) is 12.8 Å². The van der Waals surface area contributed by atoms with Crippen LogP contribution in [0.2, 0.25) is 0 Å². The number of rotatable bonds is 2. The molecule has 11 heavy (non-hydrogen) atoms. The first-order valence-corrected chi connectivity index (χ1v) is 4.16. The van der Waals surface area contributed by atoms with Gasteiger partial charge in [0.15, 0.2) is 0 Å². The second-order valence-corrected chi connectivity index (χ2v) is 3.47. The van der Waals surface area contributed by atoms with Crippen molar-refractivity contribution in [3.63, 3.8) is 0 Å². The van der Waals surface area contributed by atoms with Crippen LogP contribution in [0.1, 0.15) is 33.1 Å². The Bertz CT molecular complexity index is 182. The predicted molar refractivity (Wildman–Crippen MR) is 44.9 cm³/mol. The summed E-state index contributed by atoms with van der Waals surface area (Å²) >= 11 is 0. The number of amides is 1. The fourth-order valence-corrected chi connectivity index (χ4v) is 1.29. The summed E-state index contributed by atoms with van der Waals surface area (Å²) in [7, 11) is 0. The summed E-state index contributed by atoms with van der Waals surface area (Å²) in [6, 6.07) is 0. The molecule has 0 bridgehead atoms. The molecule has 0 aromatic carbocycles. The molecule has 0 saturated heterocycles. The zero-order chi connectivity index (χ0) is 8.27. The number of nitrogens with one attached hydrogen (secondary N) is 1. The van der Waals surface area contributed by atoms with Crippen molar-refractivity contribution < 1.29 is 4.79 Å². The molecule has 0 atom stereocenters. The Morgan fingerprint density at radius 1 is 1.55 bits per heavy atom. The third-order valence-electron chi connectivity index (χ3n) is 1.78. The van der Waals surface area contributed by atoms with Crippen LogP contribution in [-0.2, 0) is 4.79 Å². The SMILES string of the molecule is CC(C)CC1=CNC(=O)CC1. The van der Waals surface area contributed by atoms with Gasteiger partial charge in [0.25, 0.3) is 0 Å². The predicted octanol–water partition coefficient (Wildman–Crippen LogP) is 1.83. The normalized spacial score (nSPS) is 18.1. The third kappa shape index (κ3) is 2.74. The van der Waals surface area contributed by atoms with Crippen LogP contribution in [-0.4, -0.2) is 5.91 Å². The first-order valence-electron chi connectivity index (χ1n) is 4.16. The van der Waals surface area contributed by atoms with Gasteiger partial charge < -0.3 is 5.32 Å². The van der Waals surface area contributed by atoms with Crippen LogP contribution in [0.3, 0.4) is 0 Å². The van der Waals surface area contributed by atoms with Crippen LogP contribution in [0.25, 0.3) is 0 Å². The van der Waals surface area contributed by atoms with E-state index in [1.54, 1.807) is 0 Å². The molecular formula is C9H15NO. The van der Waals surface area contributed by atoms with Gasteiger partial charge >= 0.3 is 0 Å². The topological polar surface area (TPSA) is 29.1 Å². The second-order valence-electron chi connectivity index (χ2n) is 3.47. The molecule has 0 saturated carbocycles. The molecule has 0 spiro atoms. The van der Waals surface area contributed by atoms with Gasteiger partial charge in [-0.2, -0.15) is 0 Å². The van der Waals surface area contributed by atoms with Crippen molar-refractivity contribution in [2.24, 2.45) is 5.92 Å². The Labute approximate surface area is 67.7 Å². The molecule has 1 heterocycles. The van der Waals surface area contributed by atoms with Crippen molar-refractivity contribution in [3.05, 3.63) is 11.8 Å². The van der Waals surface area contributed by atoms with Crippen molar-refractivity contribution >= 4 is 5.91 Å². The van der Waals surface area contributed by atoms with Crippen LogP contribution in [0, 0.1) is 5.92 Å².